The molecule has 4 aliphatic rings. The van der Waals surface area contributed by atoms with Gasteiger partial charge in [0.15, 0.2) is 0 Å². The Hall–Kier alpha value is -9.03. The number of anilines is 2. The molecule has 4 amide bonds. The Morgan fingerprint density at radius 3 is 1.44 bits per heavy atom. The van der Waals surface area contributed by atoms with Gasteiger partial charge in [0, 0.05) is 128 Å². The lowest BCUT2D eigenvalue weighted by atomic mass is 9.74. The number of hydrogen-bond acceptors (Lipinski definition) is 13. The van der Waals surface area contributed by atoms with E-state index >= 15 is 0 Å². The van der Waals surface area contributed by atoms with Crippen LogP contribution < -0.4 is 15.5 Å². The second kappa shape index (κ2) is 24.0. The molecule has 420 valence electrons. The van der Waals surface area contributed by atoms with E-state index in [-0.39, 0.29) is 23.8 Å². The van der Waals surface area contributed by atoms with E-state index in [0.717, 1.165) is 84.1 Å². The molecular weight excluding hydrogens is 1030 g/mol. The van der Waals surface area contributed by atoms with Crippen molar-refractivity contribution in [2.75, 3.05) is 42.5 Å². The van der Waals surface area contributed by atoms with Gasteiger partial charge in [-0.3, -0.25) is 49.1 Å². The van der Waals surface area contributed by atoms with Crippen LogP contribution in [0.4, 0.5) is 16.2 Å². The van der Waals surface area contributed by atoms with E-state index in [1.165, 1.54) is 0 Å². The normalized spacial score (nSPS) is 15.9. The Morgan fingerprint density at radius 1 is 0.585 bits per heavy atom. The third-order valence-electron chi connectivity index (χ3n) is 15.9. The van der Waals surface area contributed by atoms with E-state index in [4.69, 9.17) is 25.5 Å². The van der Waals surface area contributed by atoms with Crippen LogP contribution in [-0.4, -0.2) is 113 Å². The molecule has 0 unspecified atom stereocenters. The number of likely N-dealkylation sites (tertiary alicyclic amines) is 2. The summed E-state index contributed by atoms with van der Waals surface area (Å²) in [6.07, 6.45) is 21.2. The molecule has 0 atom stereocenters. The van der Waals surface area contributed by atoms with Gasteiger partial charge in [-0.15, -0.1) is 0 Å². The maximum atomic E-state index is 14.3. The molecule has 0 saturated carbocycles. The van der Waals surface area contributed by atoms with Crippen molar-refractivity contribution in [1.82, 2.24) is 39.7 Å². The minimum atomic E-state index is -0.711. The van der Waals surface area contributed by atoms with Crippen LogP contribution >= 0.6 is 0 Å². The van der Waals surface area contributed by atoms with E-state index < -0.39 is 22.4 Å². The van der Waals surface area contributed by atoms with Crippen LogP contribution in [0.5, 0.6) is 0 Å². The number of ether oxygens (including phenoxy) is 1. The predicted molar refractivity (Wildman–Crippen MR) is 313 cm³/mol. The zero-order chi connectivity index (χ0) is 57.6. The van der Waals surface area contributed by atoms with E-state index in [2.05, 4.69) is 32.1 Å². The van der Waals surface area contributed by atoms with Crippen molar-refractivity contribution in [3.05, 3.63) is 169 Å². The van der Waals surface area contributed by atoms with Crippen molar-refractivity contribution < 1.29 is 33.8 Å². The van der Waals surface area contributed by atoms with Gasteiger partial charge in [-0.2, -0.15) is 0 Å². The van der Waals surface area contributed by atoms with Crippen molar-refractivity contribution >= 4 is 62.7 Å². The van der Waals surface area contributed by atoms with Crippen molar-refractivity contribution in [2.24, 2.45) is 5.73 Å². The van der Waals surface area contributed by atoms with Gasteiger partial charge < -0.3 is 35.2 Å². The number of carbonyl (C=O) groups excluding carboxylic acids is 4. The first-order valence-corrected chi connectivity index (χ1v) is 27.9. The molecule has 2 aromatic carbocycles. The second-order valence-corrected chi connectivity index (χ2v) is 22.1. The summed E-state index contributed by atoms with van der Waals surface area (Å²) >= 11 is 0. The minimum Gasteiger partial charge on any atom is -0.481 e. The number of rotatable bonds is 10. The summed E-state index contributed by atoms with van der Waals surface area (Å²) in [7, 11) is 0. The molecule has 10 heterocycles. The van der Waals surface area contributed by atoms with Gasteiger partial charge in [-0.1, -0.05) is 67.6 Å². The Kier molecular flexibility index (Phi) is 16.4. The average molecular weight is 1100 g/mol. The molecule has 0 radical (unpaired) electrons. The molecule has 18 heteroatoms. The summed E-state index contributed by atoms with van der Waals surface area (Å²) in [5, 5.41) is 12.1. The fraction of sp³-hybridized carbons (Fsp3) is 0.328. The van der Waals surface area contributed by atoms with Crippen LogP contribution in [-0.2, 0) is 47.8 Å². The molecule has 8 aromatic rings. The molecule has 18 nitrogen and oxygen atoms in total. The monoisotopic (exact) mass is 1100 g/mol. The first kappa shape index (κ1) is 56.3. The fourth-order valence-corrected chi connectivity index (χ4v) is 11.9. The molecular formula is C64H67N11O7. The highest BCUT2D eigenvalue weighted by Gasteiger charge is 2.54. The number of aromatic nitrogens is 6. The standard InChI is InChI=1S/C31H31N5O3.C29H28N6O2.C4H8O2/c1-30(2,3)39-29(38)35-15-11-31(12-16-35)24-10-14-33-19-26(24)36(28(31)37)20-25-27(22-8-6-13-32-17-22)23-9-5-4-7-21(23)18-34-25;30-11-7-26(36)34-14-9-29(10-15-34)23-8-13-32-18-25(23)35(28(29)37)19-24-27(21-5-3-12-31-16-21)22-6-2-1-4-20(22)17-33-24;1-2-3-4(5)6/h4-10,13-14,17-19H,11-12,15-16,20H2,1-3H3;1-6,8,12-13,16-18H,7,9-11,14-15,19,30H2;2-3H2,1H3,(H,5,6). The van der Waals surface area contributed by atoms with Crippen molar-refractivity contribution in [2.45, 2.75) is 102 Å². The van der Waals surface area contributed by atoms with Gasteiger partial charge in [-0.25, -0.2) is 4.79 Å². The number of nitrogens with zero attached hydrogens (tertiary/aromatic N) is 10. The van der Waals surface area contributed by atoms with Gasteiger partial charge in [0.2, 0.25) is 17.7 Å². The summed E-state index contributed by atoms with van der Waals surface area (Å²) in [6.45, 7) is 10.4. The van der Waals surface area contributed by atoms with Crippen LogP contribution in [0.1, 0.15) is 95.2 Å². The highest BCUT2D eigenvalue weighted by molar-refractivity contribution is 6.10. The number of piperidine rings is 2. The topological polar surface area (TPSA) is 231 Å². The fourth-order valence-electron chi connectivity index (χ4n) is 11.9. The number of amides is 4. The number of pyridine rings is 6. The van der Waals surface area contributed by atoms with Gasteiger partial charge in [0.05, 0.1) is 59.1 Å². The number of hydrogen-bond donors (Lipinski definition) is 2. The number of carbonyl (C=O) groups is 5. The van der Waals surface area contributed by atoms with Gasteiger partial charge in [-0.05, 0) is 99.0 Å². The second-order valence-electron chi connectivity index (χ2n) is 22.1. The van der Waals surface area contributed by atoms with Crippen LogP contribution in [0.3, 0.4) is 0 Å². The Labute approximate surface area is 476 Å². The number of aliphatic carboxylic acids is 1. The molecule has 6 aromatic heterocycles. The summed E-state index contributed by atoms with van der Waals surface area (Å²) in [6, 6.07) is 28.1. The lowest BCUT2D eigenvalue weighted by Gasteiger charge is -2.38. The summed E-state index contributed by atoms with van der Waals surface area (Å²) < 4.78 is 5.58. The molecule has 2 fully saturated rings. The summed E-state index contributed by atoms with van der Waals surface area (Å²) in [5.41, 5.74) is 12.7. The molecule has 4 aliphatic heterocycles. The maximum Gasteiger partial charge on any atom is 0.410 e. The van der Waals surface area contributed by atoms with Crippen LogP contribution in [0.2, 0.25) is 0 Å². The number of nitrogens with two attached hydrogens (primary N) is 1. The zero-order valence-electron chi connectivity index (χ0n) is 46.7. The maximum absolute atomic E-state index is 14.3. The van der Waals surface area contributed by atoms with E-state index in [9.17, 15) is 24.0 Å². The molecule has 82 heavy (non-hydrogen) atoms. The lowest BCUT2D eigenvalue weighted by Crippen LogP contribution is -2.50. The number of benzene rings is 2. The first-order valence-electron chi connectivity index (χ1n) is 27.9. The molecule has 0 aliphatic carbocycles. The molecule has 2 spiro atoms. The third-order valence-corrected chi connectivity index (χ3v) is 15.9. The zero-order valence-corrected chi connectivity index (χ0v) is 46.7. The van der Waals surface area contributed by atoms with Crippen LogP contribution in [0, 0.1) is 0 Å². The molecule has 3 N–H and O–H groups in total. The molecule has 2 saturated heterocycles. The Morgan fingerprint density at radius 2 is 1.04 bits per heavy atom. The van der Waals surface area contributed by atoms with E-state index in [1.807, 2.05) is 140 Å². The van der Waals surface area contributed by atoms with Crippen molar-refractivity contribution in [1.29, 1.82) is 0 Å². The molecule has 12 rings (SSSR count). The van der Waals surface area contributed by atoms with Crippen LogP contribution in [0.25, 0.3) is 43.8 Å². The highest BCUT2D eigenvalue weighted by Crippen LogP contribution is 2.50. The SMILES string of the molecule is CC(C)(C)OC(=O)N1CCC2(CC1)C(=O)N(Cc1ncc3ccccc3c1-c1cccnc1)c1cnccc12.CCCC(=O)O.NCCC(=O)N1CCC2(CC1)C(=O)N(Cc1ncc3ccccc3c1-c1cccnc1)c1cnccc12. The van der Waals surface area contributed by atoms with Gasteiger partial charge in [0.1, 0.15) is 5.60 Å². The van der Waals surface area contributed by atoms with Crippen LogP contribution in [0.15, 0.2) is 147 Å². The lowest BCUT2D eigenvalue weighted by molar-refractivity contribution is -0.137. The number of carboxylic acid groups (broad SMARTS) is 1. The average Bonchev–Trinajstić information content (AvgIpc) is 3.31. The third kappa shape index (κ3) is 11.2. The Balaban J connectivity index is 0.000000167. The van der Waals surface area contributed by atoms with E-state index in [0.29, 0.717) is 84.3 Å². The largest absolute Gasteiger partial charge is 0.481 e. The first-order chi connectivity index (χ1) is 39.7. The smallest absolute Gasteiger partial charge is 0.410 e. The predicted octanol–water partition coefficient (Wildman–Crippen LogP) is 9.83. The summed E-state index contributed by atoms with van der Waals surface area (Å²) in [4.78, 5) is 97.5. The highest BCUT2D eigenvalue weighted by atomic mass is 16.6. The molecule has 0 bridgehead atoms. The Bertz CT molecular complexity index is 3650. The van der Waals surface area contributed by atoms with Gasteiger partial charge in [0.25, 0.3) is 0 Å². The number of fused-ring (bicyclic) bond motifs is 6. The summed E-state index contributed by atoms with van der Waals surface area (Å²) in [5.74, 6) is -0.580. The number of carboxylic acids is 1. The quantitative estimate of drug-likeness (QED) is 0.130. The van der Waals surface area contributed by atoms with Crippen molar-refractivity contribution in [3.63, 3.8) is 0 Å². The van der Waals surface area contributed by atoms with Gasteiger partial charge >= 0.3 is 12.1 Å². The van der Waals surface area contributed by atoms with Crippen molar-refractivity contribution in [3.8, 4) is 22.3 Å². The van der Waals surface area contributed by atoms with E-state index in [1.54, 1.807) is 42.1 Å². The minimum absolute atomic E-state index is 0.0291.